The van der Waals surface area contributed by atoms with Crippen LogP contribution in [0.5, 0.6) is 0 Å². The van der Waals surface area contributed by atoms with E-state index in [1.807, 2.05) is 19.9 Å². The molecule has 0 atom stereocenters. The van der Waals surface area contributed by atoms with Crippen molar-refractivity contribution in [2.75, 3.05) is 6.54 Å². The summed E-state index contributed by atoms with van der Waals surface area (Å²) in [6, 6.07) is 8.64. The standard InChI is InChI=1S/C14H18N2O3S/c1-11-5-7-14(8-6-11)20(17,18)15-9-3-4-13-10-12(2)16-19-13/h5-8,10,15H,3-4,9H2,1-2H3. The van der Waals surface area contributed by atoms with E-state index in [4.69, 9.17) is 4.52 Å². The summed E-state index contributed by atoms with van der Waals surface area (Å²) >= 11 is 0. The zero-order valence-electron chi connectivity index (χ0n) is 11.6. The molecule has 0 saturated heterocycles. The molecule has 1 N–H and O–H groups in total. The summed E-state index contributed by atoms with van der Waals surface area (Å²) in [4.78, 5) is 0.290. The molecule has 1 heterocycles. The third kappa shape index (κ3) is 3.91. The van der Waals surface area contributed by atoms with Gasteiger partial charge in [-0.2, -0.15) is 0 Å². The van der Waals surface area contributed by atoms with Crippen LogP contribution in [0.15, 0.2) is 39.8 Å². The number of aryl methyl sites for hydroxylation is 3. The van der Waals surface area contributed by atoms with Crippen LogP contribution in [0.1, 0.15) is 23.4 Å². The molecule has 0 radical (unpaired) electrons. The van der Waals surface area contributed by atoms with Gasteiger partial charge in [0.15, 0.2) is 0 Å². The van der Waals surface area contributed by atoms with Crippen molar-refractivity contribution in [3.8, 4) is 0 Å². The monoisotopic (exact) mass is 294 g/mol. The number of nitrogens with one attached hydrogen (secondary N) is 1. The van der Waals surface area contributed by atoms with E-state index in [1.165, 1.54) is 0 Å². The Morgan fingerprint density at radius 3 is 2.50 bits per heavy atom. The first-order chi connectivity index (χ1) is 9.47. The molecular formula is C14H18N2O3S. The third-order valence-electron chi connectivity index (χ3n) is 2.90. The predicted molar refractivity (Wildman–Crippen MR) is 75.9 cm³/mol. The van der Waals surface area contributed by atoms with Gasteiger partial charge in [0, 0.05) is 19.0 Å². The first kappa shape index (κ1) is 14.7. The summed E-state index contributed by atoms with van der Waals surface area (Å²) in [5.74, 6) is 0.775. The van der Waals surface area contributed by atoms with Crippen molar-refractivity contribution in [2.24, 2.45) is 0 Å². The van der Waals surface area contributed by atoms with Crippen molar-refractivity contribution in [1.29, 1.82) is 0 Å². The molecule has 0 aliphatic heterocycles. The second kappa shape index (κ2) is 6.19. The Labute approximate surface area is 119 Å². The number of hydrogen-bond donors (Lipinski definition) is 1. The van der Waals surface area contributed by atoms with E-state index in [2.05, 4.69) is 9.88 Å². The van der Waals surface area contributed by atoms with Crippen LogP contribution in [0.25, 0.3) is 0 Å². The van der Waals surface area contributed by atoms with Crippen molar-refractivity contribution in [1.82, 2.24) is 9.88 Å². The fraction of sp³-hybridized carbons (Fsp3) is 0.357. The molecule has 0 saturated carbocycles. The highest BCUT2D eigenvalue weighted by atomic mass is 32.2. The van der Waals surface area contributed by atoms with Gasteiger partial charge in [-0.3, -0.25) is 0 Å². The second-order valence-electron chi connectivity index (χ2n) is 4.75. The second-order valence-corrected chi connectivity index (χ2v) is 6.52. The Bertz CT molecular complexity index is 660. The van der Waals surface area contributed by atoms with Crippen LogP contribution in [-0.4, -0.2) is 20.1 Å². The first-order valence-electron chi connectivity index (χ1n) is 6.46. The summed E-state index contributed by atoms with van der Waals surface area (Å²) in [6.07, 6.45) is 1.33. The molecule has 0 aliphatic rings. The van der Waals surface area contributed by atoms with Crippen LogP contribution in [0.2, 0.25) is 0 Å². The van der Waals surface area contributed by atoms with Gasteiger partial charge in [-0.25, -0.2) is 13.1 Å². The number of sulfonamides is 1. The maximum Gasteiger partial charge on any atom is 0.240 e. The lowest BCUT2D eigenvalue weighted by Gasteiger charge is -2.06. The predicted octanol–water partition coefficient (Wildman–Crippen LogP) is 2.20. The van der Waals surface area contributed by atoms with Gasteiger partial charge >= 0.3 is 0 Å². The average Bonchev–Trinajstić information content (AvgIpc) is 2.81. The zero-order valence-corrected chi connectivity index (χ0v) is 12.4. The van der Waals surface area contributed by atoms with Gasteiger partial charge in [-0.05, 0) is 32.4 Å². The van der Waals surface area contributed by atoms with E-state index in [1.54, 1.807) is 24.3 Å². The van der Waals surface area contributed by atoms with Crippen LogP contribution in [0, 0.1) is 13.8 Å². The molecule has 0 aliphatic carbocycles. The van der Waals surface area contributed by atoms with Crippen LogP contribution in [0.4, 0.5) is 0 Å². The van der Waals surface area contributed by atoms with Crippen LogP contribution in [-0.2, 0) is 16.4 Å². The van der Waals surface area contributed by atoms with Crippen molar-refractivity contribution >= 4 is 10.0 Å². The molecule has 2 rings (SSSR count). The molecule has 6 heteroatoms. The highest BCUT2D eigenvalue weighted by molar-refractivity contribution is 7.89. The fourth-order valence-electron chi connectivity index (χ4n) is 1.80. The Morgan fingerprint density at radius 1 is 1.20 bits per heavy atom. The normalized spacial score (nSPS) is 11.7. The van der Waals surface area contributed by atoms with Crippen LogP contribution >= 0.6 is 0 Å². The Hall–Kier alpha value is -1.66. The summed E-state index contributed by atoms with van der Waals surface area (Å²) in [6.45, 7) is 4.15. The summed E-state index contributed by atoms with van der Waals surface area (Å²) < 4.78 is 31.7. The molecule has 20 heavy (non-hydrogen) atoms. The molecule has 0 spiro atoms. The minimum atomic E-state index is -3.42. The van der Waals surface area contributed by atoms with Crippen LogP contribution in [0.3, 0.4) is 0 Å². The van der Waals surface area contributed by atoms with E-state index < -0.39 is 10.0 Å². The van der Waals surface area contributed by atoms with E-state index in [0.29, 0.717) is 24.3 Å². The Balaban J connectivity index is 1.85. The SMILES string of the molecule is Cc1ccc(S(=O)(=O)NCCCc2cc(C)no2)cc1. The number of aromatic nitrogens is 1. The molecule has 1 aromatic heterocycles. The summed E-state index contributed by atoms with van der Waals surface area (Å²) in [5.41, 5.74) is 1.87. The minimum absolute atomic E-state index is 0.290. The van der Waals surface area contributed by atoms with Crippen molar-refractivity contribution in [3.63, 3.8) is 0 Å². The van der Waals surface area contributed by atoms with Crippen LogP contribution < -0.4 is 4.72 Å². The molecule has 1 aromatic carbocycles. The molecular weight excluding hydrogens is 276 g/mol. The molecule has 0 bridgehead atoms. The Kier molecular flexibility index (Phi) is 4.57. The maximum absolute atomic E-state index is 12.0. The lowest BCUT2D eigenvalue weighted by molar-refractivity contribution is 0.377. The summed E-state index contributed by atoms with van der Waals surface area (Å²) in [5, 5.41) is 3.79. The van der Waals surface area contributed by atoms with E-state index in [0.717, 1.165) is 17.0 Å². The average molecular weight is 294 g/mol. The molecule has 108 valence electrons. The molecule has 0 amide bonds. The smallest absolute Gasteiger partial charge is 0.240 e. The molecule has 0 unspecified atom stereocenters. The first-order valence-corrected chi connectivity index (χ1v) is 7.94. The van der Waals surface area contributed by atoms with E-state index in [9.17, 15) is 8.42 Å². The maximum atomic E-state index is 12.0. The van der Waals surface area contributed by atoms with Gasteiger partial charge in [0.25, 0.3) is 0 Å². The fourth-order valence-corrected chi connectivity index (χ4v) is 2.88. The number of nitrogens with zero attached hydrogens (tertiary/aromatic N) is 1. The number of benzene rings is 1. The lowest BCUT2D eigenvalue weighted by atomic mass is 10.2. The topological polar surface area (TPSA) is 72.2 Å². The van der Waals surface area contributed by atoms with Gasteiger partial charge in [0.05, 0.1) is 10.6 Å². The van der Waals surface area contributed by atoms with Gasteiger partial charge in [0.1, 0.15) is 5.76 Å². The molecule has 0 fully saturated rings. The van der Waals surface area contributed by atoms with E-state index in [-0.39, 0.29) is 0 Å². The highest BCUT2D eigenvalue weighted by Crippen LogP contribution is 2.10. The molecule has 2 aromatic rings. The lowest BCUT2D eigenvalue weighted by Crippen LogP contribution is -2.25. The quantitative estimate of drug-likeness (QED) is 0.829. The summed E-state index contributed by atoms with van der Waals surface area (Å²) in [7, 11) is -3.42. The minimum Gasteiger partial charge on any atom is -0.361 e. The van der Waals surface area contributed by atoms with Crippen molar-refractivity contribution in [3.05, 3.63) is 47.3 Å². The van der Waals surface area contributed by atoms with Gasteiger partial charge in [-0.1, -0.05) is 22.9 Å². The van der Waals surface area contributed by atoms with E-state index >= 15 is 0 Å². The largest absolute Gasteiger partial charge is 0.361 e. The molecule has 5 nitrogen and oxygen atoms in total. The van der Waals surface area contributed by atoms with Crippen molar-refractivity contribution < 1.29 is 12.9 Å². The highest BCUT2D eigenvalue weighted by Gasteiger charge is 2.12. The van der Waals surface area contributed by atoms with Gasteiger partial charge in [-0.15, -0.1) is 0 Å². The number of rotatable bonds is 6. The third-order valence-corrected chi connectivity index (χ3v) is 4.38. The zero-order chi connectivity index (χ0) is 14.6. The van der Waals surface area contributed by atoms with Gasteiger partial charge < -0.3 is 4.52 Å². The Morgan fingerprint density at radius 2 is 1.90 bits per heavy atom. The number of hydrogen-bond acceptors (Lipinski definition) is 4. The van der Waals surface area contributed by atoms with Gasteiger partial charge in [0.2, 0.25) is 10.0 Å². The van der Waals surface area contributed by atoms with Crippen molar-refractivity contribution in [2.45, 2.75) is 31.6 Å².